The SMILES string of the molecule is Cc1cc(C(=O)c2cccc(C3CCC3)c2)cc(C)c1Br. The topological polar surface area (TPSA) is 17.1 Å². The first kappa shape index (κ1) is 14.5. The molecule has 0 atom stereocenters. The molecule has 2 aromatic rings. The summed E-state index contributed by atoms with van der Waals surface area (Å²) < 4.78 is 1.09. The zero-order valence-electron chi connectivity index (χ0n) is 12.4. The summed E-state index contributed by atoms with van der Waals surface area (Å²) in [5.74, 6) is 0.779. The van der Waals surface area contributed by atoms with Crippen molar-refractivity contribution in [2.75, 3.05) is 0 Å². The smallest absolute Gasteiger partial charge is 0.193 e. The normalized spacial score (nSPS) is 14.8. The molecule has 0 aromatic heterocycles. The van der Waals surface area contributed by atoms with Crippen LogP contribution in [0.2, 0.25) is 0 Å². The molecule has 1 aliphatic rings. The standard InChI is InChI=1S/C19H19BrO/c1-12-9-17(10-13(2)18(12)20)19(21)16-8-4-7-15(11-16)14-5-3-6-14/h4,7-11,14H,3,5-6H2,1-2H3. The van der Waals surface area contributed by atoms with Gasteiger partial charge in [-0.1, -0.05) is 40.5 Å². The summed E-state index contributed by atoms with van der Waals surface area (Å²) in [6.07, 6.45) is 3.83. The van der Waals surface area contributed by atoms with E-state index in [9.17, 15) is 4.79 Å². The molecule has 3 rings (SSSR count). The van der Waals surface area contributed by atoms with Crippen LogP contribution in [0.1, 0.15) is 57.8 Å². The lowest BCUT2D eigenvalue weighted by molar-refractivity contribution is 0.103. The number of aryl methyl sites for hydroxylation is 2. The molecule has 0 heterocycles. The van der Waals surface area contributed by atoms with Crippen LogP contribution in [0.25, 0.3) is 0 Å². The number of carbonyl (C=O) groups is 1. The molecule has 1 fully saturated rings. The van der Waals surface area contributed by atoms with Crippen LogP contribution in [-0.2, 0) is 0 Å². The Morgan fingerprint density at radius 2 is 1.71 bits per heavy atom. The minimum absolute atomic E-state index is 0.120. The molecular formula is C19H19BrO. The summed E-state index contributed by atoms with van der Waals surface area (Å²) in [5, 5.41) is 0. The molecule has 1 aliphatic carbocycles. The second-order valence-electron chi connectivity index (χ2n) is 6.01. The molecule has 21 heavy (non-hydrogen) atoms. The van der Waals surface area contributed by atoms with Crippen molar-refractivity contribution in [3.63, 3.8) is 0 Å². The van der Waals surface area contributed by atoms with Gasteiger partial charge in [0.15, 0.2) is 5.78 Å². The molecule has 1 saturated carbocycles. The number of carbonyl (C=O) groups excluding carboxylic acids is 1. The van der Waals surface area contributed by atoms with Gasteiger partial charge in [0.25, 0.3) is 0 Å². The summed E-state index contributed by atoms with van der Waals surface area (Å²) in [7, 11) is 0. The Balaban J connectivity index is 1.94. The zero-order valence-corrected chi connectivity index (χ0v) is 14.0. The summed E-state index contributed by atoms with van der Waals surface area (Å²) in [5.41, 5.74) is 5.11. The van der Waals surface area contributed by atoms with Gasteiger partial charge in [-0.05, 0) is 67.5 Å². The maximum Gasteiger partial charge on any atom is 0.193 e. The third kappa shape index (κ3) is 2.82. The lowest BCUT2D eigenvalue weighted by Gasteiger charge is -2.26. The number of hydrogen-bond donors (Lipinski definition) is 0. The van der Waals surface area contributed by atoms with Crippen molar-refractivity contribution in [3.05, 3.63) is 68.7 Å². The molecule has 0 amide bonds. The van der Waals surface area contributed by atoms with Crippen LogP contribution < -0.4 is 0 Å². The van der Waals surface area contributed by atoms with Crippen LogP contribution in [0.4, 0.5) is 0 Å². The quantitative estimate of drug-likeness (QED) is 0.667. The van der Waals surface area contributed by atoms with Gasteiger partial charge < -0.3 is 0 Å². The number of rotatable bonds is 3. The number of benzene rings is 2. The maximum absolute atomic E-state index is 12.7. The van der Waals surface area contributed by atoms with E-state index < -0.39 is 0 Å². The molecule has 1 nitrogen and oxygen atoms in total. The van der Waals surface area contributed by atoms with Gasteiger partial charge in [0.05, 0.1) is 0 Å². The van der Waals surface area contributed by atoms with Gasteiger partial charge in [-0.3, -0.25) is 4.79 Å². The summed E-state index contributed by atoms with van der Waals surface area (Å²) >= 11 is 3.55. The Morgan fingerprint density at radius 3 is 2.29 bits per heavy atom. The lowest BCUT2D eigenvalue weighted by atomic mass is 9.79. The third-order valence-electron chi connectivity index (χ3n) is 4.42. The van der Waals surface area contributed by atoms with E-state index in [0.29, 0.717) is 5.92 Å². The Kier molecular flexibility index (Phi) is 3.99. The summed E-state index contributed by atoms with van der Waals surface area (Å²) in [6, 6.07) is 12.1. The Hall–Kier alpha value is -1.41. The Bertz CT molecular complexity index is 675. The molecule has 2 heteroatoms. The molecule has 0 bridgehead atoms. The minimum atomic E-state index is 0.120. The first-order valence-corrected chi connectivity index (χ1v) is 8.27. The average molecular weight is 343 g/mol. The first-order chi connectivity index (χ1) is 10.1. The van der Waals surface area contributed by atoms with Crippen molar-refractivity contribution >= 4 is 21.7 Å². The third-order valence-corrected chi connectivity index (χ3v) is 5.67. The van der Waals surface area contributed by atoms with Gasteiger partial charge >= 0.3 is 0 Å². The fourth-order valence-electron chi connectivity index (χ4n) is 2.92. The molecule has 0 unspecified atom stereocenters. The van der Waals surface area contributed by atoms with Crippen LogP contribution in [-0.4, -0.2) is 5.78 Å². The molecule has 108 valence electrons. The van der Waals surface area contributed by atoms with Gasteiger partial charge in [-0.15, -0.1) is 0 Å². The monoisotopic (exact) mass is 342 g/mol. The molecule has 0 spiro atoms. The van der Waals surface area contributed by atoms with Crippen LogP contribution in [0.15, 0.2) is 40.9 Å². The van der Waals surface area contributed by atoms with E-state index in [4.69, 9.17) is 0 Å². The van der Waals surface area contributed by atoms with Gasteiger partial charge in [-0.2, -0.15) is 0 Å². The van der Waals surface area contributed by atoms with Crippen LogP contribution in [0.3, 0.4) is 0 Å². The first-order valence-electron chi connectivity index (χ1n) is 7.47. The van der Waals surface area contributed by atoms with Crippen LogP contribution >= 0.6 is 15.9 Å². The number of hydrogen-bond acceptors (Lipinski definition) is 1. The van der Waals surface area contributed by atoms with Gasteiger partial charge in [0.1, 0.15) is 0 Å². The molecule has 2 aromatic carbocycles. The highest BCUT2D eigenvalue weighted by atomic mass is 79.9. The number of ketones is 1. The largest absolute Gasteiger partial charge is 0.289 e. The van der Waals surface area contributed by atoms with Crippen LogP contribution in [0, 0.1) is 13.8 Å². The molecule has 0 N–H and O–H groups in total. The second-order valence-corrected chi connectivity index (χ2v) is 6.80. The van der Waals surface area contributed by atoms with E-state index >= 15 is 0 Å². The fraction of sp³-hybridized carbons (Fsp3) is 0.316. The van der Waals surface area contributed by atoms with Gasteiger partial charge in [0, 0.05) is 15.6 Å². The minimum Gasteiger partial charge on any atom is -0.289 e. The molecule has 0 aliphatic heterocycles. The zero-order chi connectivity index (χ0) is 15.0. The predicted octanol–water partition coefficient (Wildman–Crippen LogP) is 5.56. The number of halogens is 1. The highest BCUT2D eigenvalue weighted by Crippen LogP contribution is 2.36. The molecule has 0 saturated heterocycles. The Labute approximate surface area is 134 Å². The molecule has 0 radical (unpaired) electrons. The predicted molar refractivity (Wildman–Crippen MR) is 90.1 cm³/mol. The van der Waals surface area contributed by atoms with Crippen molar-refractivity contribution in [2.24, 2.45) is 0 Å². The highest BCUT2D eigenvalue weighted by molar-refractivity contribution is 9.10. The summed E-state index contributed by atoms with van der Waals surface area (Å²) in [4.78, 5) is 12.7. The van der Waals surface area contributed by atoms with Crippen molar-refractivity contribution in [2.45, 2.75) is 39.0 Å². The summed E-state index contributed by atoms with van der Waals surface area (Å²) in [6.45, 7) is 4.05. The Morgan fingerprint density at radius 1 is 1.05 bits per heavy atom. The lowest BCUT2D eigenvalue weighted by Crippen LogP contribution is -2.10. The van der Waals surface area contributed by atoms with E-state index in [1.54, 1.807) is 0 Å². The van der Waals surface area contributed by atoms with E-state index in [0.717, 1.165) is 26.7 Å². The second kappa shape index (κ2) is 5.76. The fourth-order valence-corrected chi connectivity index (χ4v) is 3.15. The van der Waals surface area contributed by atoms with E-state index in [2.05, 4.69) is 28.1 Å². The van der Waals surface area contributed by atoms with Crippen LogP contribution in [0.5, 0.6) is 0 Å². The molecular weight excluding hydrogens is 324 g/mol. The van der Waals surface area contributed by atoms with Gasteiger partial charge in [0.2, 0.25) is 0 Å². The van der Waals surface area contributed by atoms with Crippen molar-refractivity contribution in [1.29, 1.82) is 0 Å². The maximum atomic E-state index is 12.7. The van der Waals surface area contributed by atoms with Crippen molar-refractivity contribution < 1.29 is 4.79 Å². The average Bonchev–Trinajstić information content (AvgIpc) is 2.42. The van der Waals surface area contributed by atoms with Gasteiger partial charge in [-0.25, -0.2) is 0 Å². The van der Waals surface area contributed by atoms with Crippen molar-refractivity contribution in [3.8, 4) is 0 Å². The van der Waals surface area contributed by atoms with E-state index in [1.807, 2.05) is 38.1 Å². The van der Waals surface area contributed by atoms with E-state index in [-0.39, 0.29) is 5.78 Å². The van der Waals surface area contributed by atoms with Crippen molar-refractivity contribution in [1.82, 2.24) is 0 Å². The van der Waals surface area contributed by atoms with E-state index in [1.165, 1.54) is 24.8 Å². The highest BCUT2D eigenvalue weighted by Gasteiger charge is 2.20.